The van der Waals surface area contributed by atoms with E-state index in [9.17, 15) is 9.59 Å². The molecule has 0 aliphatic heterocycles. The second kappa shape index (κ2) is 10.5. The van der Waals surface area contributed by atoms with Gasteiger partial charge in [-0.15, -0.1) is 0 Å². The third-order valence-electron chi connectivity index (χ3n) is 3.08. The summed E-state index contributed by atoms with van der Waals surface area (Å²) in [7, 11) is 0. The zero-order chi connectivity index (χ0) is 18.0. The number of halogens is 1. The number of alkyl halides is 1. The average Bonchev–Trinajstić information content (AvgIpc) is 2.51. The first-order valence-electron chi connectivity index (χ1n) is 8.08. The van der Waals surface area contributed by atoms with Crippen LogP contribution >= 0.6 is 22.6 Å². The second-order valence-corrected chi connectivity index (χ2v) is 7.56. The average molecular weight is 447 g/mol. The van der Waals surface area contributed by atoms with Crippen molar-refractivity contribution >= 4 is 34.7 Å². The summed E-state index contributed by atoms with van der Waals surface area (Å²) in [6.45, 7) is 5.54. The summed E-state index contributed by atoms with van der Waals surface area (Å²) in [6, 6.07) is 8.77. The molecule has 1 rings (SSSR count). The number of hydrogen-bond acceptors (Lipinski definition) is 4. The number of nitrogens with one attached hydrogen (secondary N) is 1. The van der Waals surface area contributed by atoms with Crippen molar-refractivity contribution in [3.63, 3.8) is 0 Å². The Morgan fingerprint density at radius 2 is 1.83 bits per heavy atom. The fourth-order valence-corrected chi connectivity index (χ4v) is 2.51. The minimum Gasteiger partial charge on any atom is -0.459 e. The van der Waals surface area contributed by atoms with Crippen LogP contribution in [0.4, 0.5) is 4.79 Å². The van der Waals surface area contributed by atoms with Crippen molar-refractivity contribution in [1.82, 2.24) is 5.32 Å². The third kappa shape index (κ3) is 9.10. The molecule has 24 heavy (non-hydrogen) atoms. The topological polar surface area (TPSA) is 64.6 Å². The first kappa shape index (κ1) is 20.7. The molecule has 134 valence electrons. The van der Waals surface area contributed by atoms with E-state index < -0.39 is 23.7 Å². The van der Waals surface area contributed by atoms with Gasteiger partial charge in [0.15, 0.2) is 0 Å². The number of rotatable bonds is 8. The number of esters is 1. The summed E-state index contributed by atoms with van der Waals surface area (Å²) in [5.41, 5.74) is 0.305. The number of hydrogen-bond donors (Lipinski definition) is 1. The van der Waals surface area contributed by atoms with Crippen LogP contribution in [0.3, 0.4) is 0 Å². The van der Waals surface area contributed by atoms with Gasteiger partial charge in [-0.1, -0.05) is 59.3 Å². The summed E-state index contributed by atoms with van der Waals surface area (Å²) in [4.78, 5) is 24.3. The summed E-state index contributed by atoms with van der Waals surface area (Å²) < 4.78 is 11.6. The van der Waals surface area contributed by atoms with Crippen LogP contribution in [0.25, 0.3) is 0 Å². The Morgan fingerprint density at radius 1 is 1.17 bits per heavy atom. The van der Waals surface area contributed by atoms with E-state index in [-0.39, 0.29) is 6.61 Å². The van der Waals surface area contributed by atoms with E-state index in [2.05, 4.69) is 27.9 Å². The maximum atomic E-state index is 12.3. The van der Waals surface area contributed by atoms with E-state index in [1.807, 2.05) is 30.3 Å². The molecule has 1 N–H and O–H groups in total. The van der Waals surface area contributed by atoms with Crippen LogP contribution in [0.2, 0.25) is 0 Å². The van der Waals surface area contributed by atoms with Crippen molar-refractivity contribution < 1.29 is 19.1 Å². The molecule has 0 spiro atoms. The highest BCUT2D eigenvalue weighted by Gasteiger charge is 2.25. The number of carbonyl (C=O) groups excluding carboxylic acids is 2. The van der Waals surface area contributed by atoms with E-state index in [1.165, 1.54) is 0 Å². The number of benzene rings is 1. The number of ether oxygens (including phenoxy) is 2. The summed E-state index contributed by atoms with van der Waals surface area (Å²) in [6.07, 6.45) is 1.76. The molecule has 0 heterocycles. The van der Waals surface area contributed by atoms with E-state index in [0.717, 1.165) is 22.8 Å². The van der Waals surface area contributed by atoms with Gasteiger partial charge in [-0.2, -0.15) is 0 Å². The van der Waals surface area contributed by atoms with Gasteiger partial charge in [-0.3, -0.25) is 0 Å². The van der Waals surface area contributed by atoms with Crippen molar-refractivity contribution in [3.05, 3.63) is 35.9 Å². The smallest absolute Gasteiger partial charge is 0.408 e. The Balaban J connectivity index is 2.58. The predicted octanol–water partition coefficient (Wildman–Crippen LogP) is 4.23. The van der Waals surface area contributed by atoms with Gasteiger partial charge >= 0.3 is 12.1 Å². The van der Waals surface area contributed by atoms with Crippen LogP contribution in [0.1, 0.15) is 45.6 Å². The molecule has 0 radical (unpaired) electrons. The molecule has 0 saturated carbocycles. The lowest BCUT2D eigenvalue weighted by molar-refractivity contribution is -0.147. The van der Waals surface area contributed by atoms with E-state index >= 15 is 0 Å². The van der Waals surface area contributed by atoms with Crippen molar-refractivity contribution in [2.75, 3.05) is 4.43 Å². The Bertz CT molecular complexity index is 514. The normalized spacial score (nSPS) is 12.3. The number of unbranched alkanes of at least 4 members (excludes halogenated alkanes) is 1. The fourth-order valence-electron chi connectivity index (χ4n) is 1.97. The Labute approximate surface area is 157 Å². The Hall–Kier alpha value is -1.31. The lowest BCUT2D eigenvalue weighted by Gasteiger charge is -2.23. The van der Waals surface area contributed by atoms with Gasteiger partial charge in [0.25, 0.3) is 0 Å². The fraction of sp³-hybridized carbons (Fsp3) is 0.556. The molecular weight excluding hydrogens is 421 g/mol. The quantitative estimate of drug-likeness (QED) is 0.281. The maximum Gasteiger partial charge on any atom is 0.408 e. The monoisotopic (exact) mass is 447 g/mol. The molecule has 1 aromatic rings. The van der Waals surface area contributed by atoms with Crippen LogP contribution in [0.15, 0.2) is 30.3 Å². The molecule has 0 fully saturated rings. The second-order valence-electron chi connectivity index (χ2n) is 6.48. The van der Waals surface area contributed by atoms with E-state index in [0.29, 0.717) is 6.42 Å². The van der Waals surface area contributed by atoms with Crippen LogP contribution in [-0.4, -0.2) is 28.1 Å². The largest absolute Gasteiger partial charge is 0.459 e. The standard InChI is InChI=1S/C18H26INO4/c1-18(2,3)24-17(22)20-15(11-7-8-12-19)16(21)23-13-14-9-5-4-6-10-14/h4-6,9-10,15H,7-8,11-13H2,1-3H3,(H,20,22). The van der Waals surface area contributed by atoms with E-state index in [1.54, 1.807) is 20.8 Å². The highest BCUT2D eigenvalue weighted by atomic mass is 127. The van der Waals surface area contributed by atoms with Crippen LogP contribution in [0, 0.1) is 0 Å². The molecule has 5 nitrogen and oxygen atoms in total. The number of amides is 1. The molecule has 1 amide bonds. The van der Waals surface area contributed by atoms with Gasteiger partial charge in [0.1, 0.15) is 18.2 Å². The van der Waals surface area contributed by atoms with Crippen LogP contribution < -0.4 is 5.32 Å². The van der Waals surface area contributed by atoms with Gasteiger partial charge in [0.2, 0.25) is 0 Å². The highest BCUT2D eigenvalue weighted by Crippen LogP contribution is 2.10. The van der Waals surface area contributed by atoms with Crippen LogP contribution in [0.5, 0.6) is 0 Å². The van der Waals surface area contributed by atoms with Crippen molar-refractivity contribution in [1.29, 1.82) is 0 Å². The van der Waals surface area contributed by atoms with Crippen molar-refractivity contribution in [2.24, 2.45) is 0 Å². The van der Waals surface area contributed by atoms with Crippen LogP contribution in [-0.2, 0) is 20.9 Å². The van der Waals surface area contributed by atoms with Gasteiger partial charge in [-0.25, -0.2) is 9.59 Å². The minimum atomic E-state index is -0.688. The maximum absolute atomic E-state index is 12.3. The molecule has 0 bridgehead atoms. The minimum absolute atomic E-state index is 0.193. The molecule has 0 aromatic heterocycles. The molecule has 0 saturated heterocycles. The summed E-state index contributed by atoms with van der Waals surface area (Å²) >= 11 is 2.29. The van der Waals surface area contributed by atoms with Crippen molar-refractivity contribution in [3.8, 4) is 0 Å². The molecule has 1 atom stereocenters. The van der Waals surface area contributed by atoms with Crippen molar-refractivity contribution in [2.45, 2.75) is 58.3 Å². The Kier molecular flexibility index (Phi) is 9.10. The SMILES string of the molecule is CC(C)(C)OC(=O)NC(CCCCI)C(=O)OCc1ccccc1. The first-order chi connectivity index (χ1) is 11.3. The number of alkyl carbamates (subject to hydrolysis) is 1. The highest BCUT2D eigenvalue weighted by molar-refractivity contribution is 14.1. The van der Waals surface area contributed by atoms with Gasteiger partial charge in [-0.05, 0) is 43.6 Å². The predicted molar refractivity (Wildman–Crippen MR) is 102 cm³/mol. The lowest BCUT2D eigenvalue weighted by atomic mass is 10.1. The summed E-state index contributed by atoms with van der Waals surface area (Å²) in [5.74, 6) is -0.432. The molecule has 6 heteroatoms. The van der Waals surface area contributed by atoms with Gasteiger partial charge < -0.3 is 14.8 Å². The van der Waals surface area contributed by atoms with Gasteiger partial charge in [0.05, 0.1) is 0 Å². The lowest BCUT2D eigenvalue weighted by Crippen LogP contribution is -2.44. The molecular formula is C18H26INO4. The Morgan fingerprint density at radius 3 is 2.42 bits per heavy atom. The first-order valence-corrected chi connectivity index (χ1v) is 9.60. The molecule has 1 unspecified atom stereocenters. The summed E-state index contributed by atoms with van der Waals surface area (Å²) in [5, 5.41) is 2.63. The zero-order valence-electron chi connectivity index (χ0n) is 14.5. The zero-order valence-corrected chi connectivity index (χ0v) is 16.7. The third-order valence-corrected chi connectivity index (χ3v) is 3.84. The van der Waals surface area contributed by atoms with Gasteiger partial charge in [0, 0.05) is 0 Å². The molecule has 0 aliphatic carbocycles. The number of carbonyl (C=O) groups is 2. The molecule has 1 aromatic carbocycles. The molecule has 0 aliphatic rings. The van der Waals surface area contributed by atoms with E-state index in [4.69, 9.17) is 9.47 Å².